The summed E-state index contributed by atoms with van der Waals surface area (Å²) in [7, 11) is 0. The van der Waals surface area contributed by atoms with Gasteiger partial charge < -0.3 is 32.5 Å². The molecule has 13 nitrogen and oxygen atoms in total. The van der Waals surface area contributed by atoms with E-state index in [1.165, 1.54) is 76.3 Å². The molecule has 2 rings (SSSR count). The Morgan fingerprint density at radius 2 is 1.14 bits per heavy atom. The van der Waals surface area contributed by atoms with Crippen molar-refractivity contribution in [2.24, 2.45) is 34.2 Å². The van der Waals surface area contributed by atoms with E-state index in [4.69, 9.17) is 11.5 Å². The summed E-state index contributed by atoms with van der Waals surface area (Å²) in [5.41, 5.74) is 12.4. The van der Waals surface area contributed by atoms with Crippen LogP contribution in [-0.4, -0.2) is 70.8 Å². The van der Waals surface area contributed by atoms with Crippen molar-refractivity contribution in [1.29, 1.82) is 0 Å². The van der Waals surface area contributed by atoms with E-state index in [1.54, 1.807) is 26.0 Å². The number of hydrogen-bond acceptors (Lipinski definition) is 8. The van der Waals surface area contributed by atoms with Gasteiger partial charge in [0.05, 0.1) is 18.1 Å². The third-order valence-electron chi connectivity index (χ3n) is 12.1. The maximum atomic E-state index is 14.4. The molecule has 0 saturated heterocycles. The molecular formula is C53H84N6O7. The summed E-state index contributed by atoms with van der Waals surface area (Å²) in [6.45, 7) is 9.84. The highest BCUT2D eigenvalue weighted by atomic mass is 16.3. The number of nitrogens with one attached hydrogen (secondary N) is 3. The smallest absolute Gasteiger partial charge is 0.224 e. The predicted molar refractivity (Wildman–Crippen MR) is 265 cm³/mol. The summed E-state index contributed by atoms with van der Waals surface area (Å²) in [6.07, 6.45) is 17.3. The van der Waals surface area contributed by atoms with Crippen LogP contribution in [-0.2, 0) is 41.6 Å². The van der Waals surface area contributed by atoms with Crippen LogP contribution in [0.2, 0.25) is 0 Å². The van der Waals surface area contributed by atoms with E-state index >= 15 is 0 Å². The lowest BCUT2D eigenvalue weighted by Crippen LogP contribution is -2.48. The number of phenolic OH excluding ortho intramolecular Hbond substituents is 1. The first kappa shape index (κ1) is 57.1. The Morgan fingerprint density at radius 3 is 1.70 bits per heavy atom. The van der Waals surface area contributed by atoms with Gasteiger partial charge in [0.15, 0.2) is 23.3 Å². The number of Topliss-reactive ketones (excluding diaryl/α,β-unsaturated/α-hetero) is 3. The van der Waals surface area contributed by atoms with Crippen LogP contribution in [0.4, 0.5) is 0 Å². The second kappa shape index (κ2) is 33.4. The van der Waals surface area contributed by atoms with Crippen LogP contribution >= 0.6 is 0 Å². The molecule has 5 atom stereocenters. The highest BCUT2D eigenvalue weighted by molar-refractivity contribution is 5.96. The molecule has 0 unspecified atom stereocenters. The summed E-state index contributed by atoms with van der Waals surface area (Å²) >= 11 is 0. The predicted octanol–water partition coefficient (Wildman–Crippen LogP) is 8.36. The van der Waals surface area contributed by atoms with Gasteiger partial charge in [-0.2, -0.15) is 0 Å². The van der Waals surface area contributed by atoms with Gasteiger partial charge in [0, 0.05) is 44.1 Å². The number of aromatic hydroxyl groups is 1. The zero-order chi connectivity index (χ0) is 48.7. The first-order valence-corrected chi connectivity index (χ1v) is 25.0. The fraction of sp³-hybridized carbons (Fsp3) is 0.642. The summed E-state index contributed by atoms with van der Waals surface area (Å²) in [4.78, 5) is 86.1. The van der Waals surface area contributed by atoms with Gasteiger partial charge in [0.2, 0.25) is 17.7 Å². The minimum atomic E-state index is -1.08. The molecule has 0 bridgehead atoms. The van der Waals surface area contributed by atoms with Crippen LogP contribution in [0.3, 0.4) is 0 Å². The number of carbonyl (C=O) groups excluding carboxylic acids is 6. The quantitative estimate of drug-likeness (QED) is 0.0217. The normalized spacial score (nSPS) is 13.5. The Hall–Kier alpha value is -5.07. The first-order chi connectivity index (χ1) is 31.6. The summed E-state index contributed by atoms with van der Waals surface area (Å²) in [5.74, 6) is -3.59. The maximum absolute atomic E-state index is 14.4. The van der Waals surface area contributed by atoms with E-state index in [1.807, 2.05) is 44.2 Å². The second-order valence-electron chi connectivity index (χ2n) is 18.6. The molecule has 0 spiro atoms. The van der Waals surface area contributed by atoms with E-state index in [2.05, 4.69) is 27.9 Å². The molecule has 0 aliphatic heterocycles. The molecule has 3 amide bonds. The first-order valence-electron chi connectivity index (χ1n) is 25.0. The number of phenols is 1. The van der Waals surface area contributed by atoms with E-state index in [0.29, 0.717) is 31.2 Å². The lowest BCUT2D eigenvalue weighted by Gasteiger charge is -2.25. The highest BCUT2D eigenvalue weighted by Crippen LogP contribution is 2.20. The van der Waals surface area contributed by atoms with Gasteiger partial charge in [-0.25, -0.2) is 0 Å². The monoisotopic (exact) mass is 917 g/mol. The number of rotatable bonds is 37. The summed E-state index contributed by atoms with van der Waals surface area (Å²) in [6, 6.07) is 12.9. The van der Waals surface area contributed by atoms with Crippen LogP contribution in [0.15, 0.2) is 59.6 Å². The van der Waals surface area contributed by atoms with Crippen molar-refractivity contribution in [3.05, 3.63) is 65.7 Å². The average molecular weight is 917 g/mol. The number of carbonyl (C=O) groups is 6. The molecule has 0 saturated carbocycles. The van der Waals surface area contributed by atoms with Gasteiger partial charge in [-0.1, -0.05) is 154 Å². The molecular weight excluding hydrogens is 833 g/mol. The Morgan fingerprint density at radius 1 is 0.591 bits per heavy atom. The molecule has 0 aromatic heterocycles. The SMILES string of the molecule is CCCCCCCCCCCCCCCC(=O)N[C@@H](CC(C)C)C(=O)C[C@@H](C)C(=O)N[C@@H](Cc1ccc(O)cc1)C(=O)C[C@@H](Cc1ccccc1)C(=O)N[C@@H](CCCN=C(N)N)C(=O)CC. The topological polar surface area (TPSA) is 223 Å². The van der Waals surface area contributed by atoms with E-state index in [9.17, 15) is 33.9 Å². The number of aliphatic imine (C=N–C) groups is 1. The number of hydrogen-bond donors (Lipinski definition) is 6. The molecule has 0 aliphatic rings. The van der Waals surface area contributed by atoms with Gasteiger partial charge in [0.1, 0.15) is 5.75 Å². The molecule has 0 aliphatic carbocycles. The molecule has 0 radical (unpaired) electrons. The van der Waals surface area contributed by atoms with Crippen LogP contribution in [0.5, 0.6) is 5.75 Å². The third-order valence-corrected chi connectivity index (χ3v) is 12.1. The van der Waals surface area contributed by atoms with Gasteiger partial charge in [-0.3, -0.25) is 33.8 Å². The fourth-order valence-corrected chi connectivity index (χ4v) is 8.17. The van der Waals surface area contributed by atoms with Crippen LogP contribution in [0.25, 0.3) is 0 Å². The second-order valence-corrected chi connectivity index (χ2v) is 18.6. The van der Waals surface area contributed by atoms with Crippen LogP contribution < -0.4 is 27.4 Å². The van der Waals surface area contributed by atoms with Crippen LogP contribution in [0, 0.1) is 17.8 Å². The molecule has 368 valence electrons. The minimum Gasteiger partial charge on any atom is -0.508 e. The van der Waals surface area contributed by atoms with Gasteiger partial charge in [0.25, 0.3) is 0 Å². The van der Waals surface area contributed by atoms with Crippen molar-refractivity contribution in [3.63, 3.8) is 0 Å². The number of nitrogens with two attached hydrogens (primary N) is 2. The molecule has 66 heavy (non-hydrogen) atoms. The van der Waals surface area contributed by atoms with Crippen molar-refractivity contribution in [2.75, 3.05) is 6.54 Å². The van der Waals surface area contributed by atoms with Crippen molar-refractivity contribution < 1.29 is 33.9 Å². The van der Waals surface area contributed by atoms with Crippen molar-refractivity contribution >= 4 is 41.0 Å². The molecule has 8 N–H and O–H groups in total. The minimum absolute atomic E-state index is 0.0410. The number of ketones is 3. The van der Waals surface area contributed by atoms with Gasteiger partial charge in [-0.05, 0) is 67.7 Å². The van der Waals surface area contributed by atoms with Gasteiger partial charge in [-0.15, -0.1) is 0 Å². The Bertz CT molecular complexity index is 1760. The van der Waals surface area contributed by atoms with E-state index < -0.39 is 47.6 Å². The lowest BCUT2D eigenvalue weighted by atomic mass is 9.88. The van der Waals surface area contributed by atoms with E-state index in [0.717, 1.165) is 24.8 Å². The number of unbranched alkanes of at least 4 members (excludes halogenated alkanes) is 12. The zero-order valence-corrected chi connectivity index (χ0v) is 40.9. The van der Waals surface area contributed by atoms with Crippen LogP contribution in [0.1, 0.15) is 174 Å². The van der Waals surface area contributed by atoms with E-state index in [-0.39, 0.29) is 73.7 Å². The number of nitrogens with zero attached hydrogens (tertiary/aromatic N) is 1. The molecule has 2 aromatic carbocycles. The standard InChI is InChI=1S/C53H84N6O7/c1-6-8-9-10-11-12-13-14-15-16-17-18-22-27-50(64)57-45(33-38(3)4)48(62)34-39(5)51(65)59-46(36-41-28-30-43(60)31-29-41)49(63)37-42(35-40-24-20-19-21-25-40)52(66)58-44(47(61)7-2)26-23-32-56-53(54)55/h19-21,24-25,28-31,38-39,42,44-46,60H,6-18,22-23,26-27,32-37H2,1-5H3,(H,57,64)(H,58,66)(H,59,65)(H4,54,55,56)/t39-,42-,44+,45+,46+/m1/s1. The van der Waals surface area contributed by atoms with Gasteiger partial charge >= 0.3 is 0 Å². The summed E-state index contributed by atoms with van der Waals surface area (Å²) < 4.78 is 0. The summed E-state index contributed by atoms with van der Waals surface area (Å²) in [5, 5.41) is 18.7. The van der Waals surface area contributed by atoms with Crippen molar-refractivity contribution in [1.82, 2.24) is 16.0 Å². The largest absolute Gasteiger partial charge is 0.508 e. The Labute approximate surface area is 395 Å². The number of benzene rings is 2. The number of amides is 3. The number of guanidine groups is 1. The average Bonchev–Trinajstić information content (AvgIpc) is 3.28. The third kappa shape index (κ3) is 25.0. The van der Waals surface area contributed by atoms with Crippen molar-refractivity contribution in [3.8, 4) is 5.75 Å². The Balaban J connectivity index is 2.12. The Kier molecular flexibility index (Phi) is 28.9. The molecule has 0 fully saturated rings. The lowest BCUT2D eigenvalue weighted by molar-refractivity contribution is -0.135. The molecule has 13 heteroatoms. The van der Waals surface area contributed by atoms with Crippen molar-refractivity contribution in [2.45, 2.75) is 194 Å². The highest BCUT2D eigenvalue weighted by Gasteiger charge is 2.32. The fourth-order valence-electron chi connectivity index (χ4n) is 8.17. The maximum Gasteiger partial charge on any atom is 0.224 e. The molecule has 0 heterocycles. The molecule has 2 aromatic rings. The zero-order valence-electron chi connectivity index (χ0n) is 40.9.